The number of aromatic hydroxyl groups is 2. The lowest BCUT2D eigenvalue weighted by Gasteiger charge is -2.43. The van der Waals surface area contributed by atoms with Crippen LogP contribution in [0.15, 0.2) is 18.2 Å². The summed E-state index contributed by atoms with van der Waals surface area (Å²) in [5, 5.41) is 72.6. The van der Waals surface area contributed by atoms with Gasteiger partial charge in [0.15, 0.2) is 29.3 Å². The van der Waals surface area contributed by atoms with Gasteiger partial charge in [-0.1, -0.05) is 0 Å². The van der Waals surface area contributed by atoms with Gasteiger partial charge in [0, 0.05) is 18.1 Å². The molecule has 0 amide bonds. The summed E-state index contributed by atoms with van der Waals surface area (Å²) in [7, 11) is 5.60. The number of hydrogen-bond donors (Lipinski definition) is 7. The number of methoxy groups -OCH3 is 4. The average molecular weight is 583 g/mol. The second kappa shape index (κ2) is 12.9. The highest BCUT2D eigenvalue weighted by Gasteiger charge is 2.46. The van der Waals surface area contributed by atoms with Crippen molar-refractivity contribution in [3.63, 3.8) is 0 Å². The smallest absolute Gasteiger partial charge is 0.201 e. The molecule has 13 nitrogen and oxygen atoms in total. The predicted octanol–water partition coefficient (Wildman–Crippen LogP) is -0.139. The van der Waals surface area contributed by atoms with E-state index in [0.29, 0.717) is 17.5 Å². The highest BCUT2D eigenvalue weighted by Crippen LogP contribution is 2.54. The van der Waals surface area contributed by atoms with Gasteiger partial charge in [-0.3, -0.25) is 0 Å². The Balaban J connectivity index is 1.85. The molecule has 228 valence electrons. The van der Waals surface area contributed by atoms with Crippen molar-refractivity contribution in [3.8, 4) is 34.5 Å². The number of phenols is 2. The first-order chi connectivity index (χ1) is 19.6. The van der Waals surface area contributed by atoms with Crippen LogP contribution in [0.1, 0.15) is 22.6 Å². The molecule has 2 aromatic carbocycles. The predicted molar refractivity (Wildman–Crippen MR) is 142 cm³/mol. The first-order valence-electron chi connectivity index (χ1n) is 13.1. The van der Waals surface area contributed by atoms with Crippen molar-refractivity contribution in [2.45, 2.75) is 43.0 Å². The fourth-order valence-corrected chi connectivity index (χ4v) is 5.83. The van der Waals surface area contributed by atoms with E-state index in [1.807, 2.05) is 0 Å². The zero-order valence-corrected chi connectivity index (χ0v) is 23.3. The number of hydrogen-bond acceptors (Lipinski definition) is 13. The molecule has 41 heavy (non-hydrogen) atoms. The third-order valence-electron chi connectivity index (χ3n) is 7.99. The molecule has 1 aliphatic carbocycles. The normalized spacial score (nSPS) is 29.5. The Labute approximate surface area is 237 Å². The molecule has 1 fully saturated rings. The Kier molecular flexibility index (Phi) is 9.70. The Morgan fingerprint density at radius 2 is 1.39 bits per heavy atom. The lowest BCUT2D eigenvalue weighted by molar-refractivity contribution is -0.304. The Morgan fingerprint density at radius 1 is 0.780 bits per heavy atom. The second-order valence-corrected chi connectivity index (χ2v) is 10.1. The molecule has 13 heteroatoms. The zero-order chi connectivity index (χ0) is 30.0. The van der Waals surface area contributed by atoms with Crippen LogP contribution in [0, 0.1) is 11.8 Å². The molecule has 1 saturated heterocycles. The van der Waals surface area contributed by atoms with Crippen LogP contribution in [0.2, 0.25) is 0 Å². The lowest BCUT2D eigenvalue weighted by Crippen LogP contribution is -2.59. The summed E-state index contributed by atoms with van der Waals surface area (Å²) in [6.07, 6.45) is -7.02. The van der Waals surface area contributed by atoms with E-state index in [-0.39, 0.29) is 47.7 Å². The minimum Gasteiger partial charge on any atom is -0.502 e. The molecule has 7 N–H and O–H groups in total. The van der Waals surface area contributed by atoms with Crippen LogP contribution in [-0.4, -0.2) is 115 Å². The van der Waals surface area contributed by atoms with Gasteiger partial charge in [-0.05, 0) is 47.6 Å². The quantitative estimate of drug-likeness (QED) is 0.196. The van der Waals surface area contributed by atoms with Gasteiger partial charge in [0.1, 0.15) is 24.4 Å². The summed E-state index contributed by atoms with van der Waals surface area (Å²) in [6, 6.07) is 4.88. The van der Waals surface area contributed by atoms with Crippen molar-refractivity contribution in [1.29, 1.82) is 0 Å². The fraction of sp³-hybridized carbons (Fsp3) is 0.571. The molecule has 8 atom stereocenters. The second-order valence-electron chi connectivity index (χ2n) is 10.1. The maximum atomic E-state index is 11.0. The summed E-state index contributed by atoms with van der Waals surface area (Å²) in [5.41, 5.74) is 1.88. The van der Waals surface area contributed by atoms with E-state index in [2.05, 4.69) is 0 Å². The van der Waals surface area contributed by atoms with Gasteiger partial charge in [0.05, 0.1) is 41.7 Å². The minimum absolute atomic E-state index is 0.123. The van der Waals surface area contributed by atoms with Crippen LogP contribution in [-0.2, 0) is 15.9 Å². The number of fused-ring (bicyclic) bond motifs is 1. The Bertz CT molecular complexity index is 1180. The molecule has 4 rings (SSSR count). The maximum Gasteiger partial charge on any atom is 0.201 e. The van der Waals surface area contributed by atoms with Crippen LogP contribution in [0.25, 0.3) is 0 Å². The van der Waals surface area contributed by atoms with Crippen molar-refractivity contribution in [2.24, 2.45) is 11.8 Å². The van der Waals surface area contributed by atoms with E-state index >= 15 is 0 Å². The maximum absolute atomic E-state index is 11.0. The minimum atomic E-state index is -1.63. The van der Waals surface area contributed by atoms with Gasteiger partial charge < -0.3 is 64.2 Å². The van der Waals surface area contributed by atoms with Crippen molar-refractivity contribution >= 4 is 0 Å². The molecule has 2 aromatic rings. The van der Waals surface area contributed by atoms with E-state index in [9.17, 15) is 35.7 Å². The third kappa shape index (κ3) is 5.58. The number of aliphatic hydroxyl groups excluding tert-OH is 5. The van der Waals surface area contributed by atoms with E-state index in [4.69, 9.17) is 28.4 Å². The number of ether oxygens (including phenoxy) is 6. The molecular weight excluding hydrogens is 544 g/mol. The highest BCUT2D eigenvalue weighted by atomic mass is 16.7. The number of aliphatic hydroxyl groups is 5. The largest absolute Gasteiger partial charge is 0.502 e. The van der Waals surface area contributed by atoms with Crippen LogP contribution in [0.5, 0.6) is 34.5 Å². The van der Waals surface area contributed by atoms with Gasteiger partial charge in [-0.25, -0.2) is 0 Å². The number of rotatable bonds is 10. The molecule has 0 saturated carbocycles. The van der Waals surface area contributed by atoms with Gasteiger partial charge in [-0.2, -0.15) is 0 Å². The van der Waals surface area contributed by atoms with Crippen molar-refractivity contribution in [3.05, 3.63) is 34.9 Å². The van der Waals surface area contributed by atoms with Crippen molar-refractivity contribution in [2.75, 3.05) is 48.3 Å². The monoisotopic (exact) mass is 582 g/mol. The Hall–Kier alpha value is -3.04. The summed E-state index contributed by atoms with van der Waals surface area (Å²) < 4.78 is 33.3. The lowest BCUT2D eigenvalue weighted by atomic mass is 9.66. The molecule has 1 aliphatic heterocycles. The van der Waals surface area contributed by atoms with E-state index in [1.54, 1.807) is 18.2 Å². The van der Waals surface area contributed by atoms with Crippen molar-refractivity contribution in [1.82, 2.24) is 0 Å². The van der Waals surface area contributed by atoms with Crippen molar-refractivity contribution < 1.29 is 64.2 Å². The van der Waals surface area contributed by atoms with E-state index in [1.165, 1.54) is 28.4 Å². The third-order valence-corrected chi connectivity index (χ3v) is 7.99. The summed E-state index contributed by atoms with van der Waals surface area (Å²) >= 11 is 0. The molecule has 3 unspecified atom stereocenters. The van der Waals surface area contributed by atoms with Gasteiger partial charge >= 0.3 is 0 Å². The summed E-state index contributed by atoms with van der Waals surface area (Å²) in [5.74, 6) is -1.51. The molecule has 1 heterocycles. The SMILES string of the molecule is COc1cc(C2c3c(cc(OC)c(O)c3OC)CC(CO)C2CO[C@@H]2O[C@H](CO)[C@@H](O)[C@H](O)[C@H]2O)cc(OC)c1O. The average Bonchev–Trinajstić information content (AvgIpc) is 2.98. The topological polar surface area (TPSA) is 197 Å². The number of benzene rings is 2. The number of phenolic OH excluding ortho intramolecular Hbond substituents is 2. The molecular formula is C28H38O13. The molecule has 0 spiro atoms. The molecule has 0 radical (unpaired) electrons. The first kappa shape index (κ1) is 30.9. The van der Waals surface area contributed by atoms with Crippen LogP contribution >= 0.6 is 0 Å². The van der Waals surface area contributed by atoms with E-state index in [0.717, 1.165) is 5.56 Å². The van der Waals surface area contributed by atoms with Gasteiger partial charge in [0.2, 0.25) is 11.5 Å². The van der Waals surface area contributed by atoms with Gasteiger partial charge in [-0.15, -0.1) is 0 Å². The van der Waals surface area contributed by atoms with Crippen LogP contribution < -0.4 is 18.9 Å². The fourth-order valence-electron chi connectivity index (χ4n) is 5.83. The highest BCUT2D eigenvalue weighted by molar-refractivity contribution is 5.64. The van der Waals surface area contributed by atoms with E-state index < -0.39 is 55.1 Å². The standard InChI is InChI=1S/C28H38O13/c1-36-16-7-13(8-17(37-2)22(16)31)20-15(11-40-28-26(35)25(34)23(32)19(10-30)41-28)14(9-29)5-12-6-18(38-3)24(33)27(39-4)21(12)20/h6-8,14-15,19-20,23,25-26,28-35H,5,9-11H2,1-4H3/t14?,15?,19-,20?,23-,25+,26-,28-/m1/s1. The molecule has 0 aromatic heterocycles. The summed E-state index contributed by atoms with van der Waals surface area (Å²) in [6.45, 7) is -1.02. The van der Waals surface area contributed by atoms with Crippen LogP contribution in [0.3, 0.4) is 0 Å². The Morgan fingerprint density at radius 3 is 1.93 bits per heavy atom. The molecule has 2 aliphatic rings. The first-order valence-corrected chi connectivity index (χ1v) is 13.1. The molecule has 0 bridgehead atoms. The summed E-state index contributed by atoms with van der Waals surface area (Å²) in [4.78, 5) is 0. The van der Waals surface area contributed by atoms with Gasteiger partial charge in [0.25, 0.3) is 0 Å². The zero-order valence-electron chi connectivity index (χ0n) is 23.3. The van der Waals surface area contributed by atoms with Crippen LogP contribution in [0.4, 0.5) is 0 Å².